The Kier molecular flexibility index (Phi) is 6.82. The highest BCUT2D eigenvalue weighted by Crippen LogP contribution is 2.29. The standard InChI is InChI=1S/C20H29ClN2O3S/c1-15-18(21)11-6-12-19(15)27(25,26)23-13-7-8-16(14-23)20(24)22-17-9-4-2-3-5-10-17/h6,11-12,16-17H,2-5,7-10,13-14H2,1H3,(H,22,24). The van der Waals surface area contributed by atoms with E-state index in [-0.39, 0.29) is 29.3 Å². The maximum absolute atomic E-state index is 13.1. The van der Waals surface area contributed by atoms with Gasteiger partial charge in [0.1, 0.15) is 0 Å². The molecular weight excluding hydrogens is 384 g/mol. The molecule has 0 bridgehead atoms. The van der Waals surface area contributed by atoms with Crippen molar-refractivity contribution in [1.29, 1.82) is 0 Å². The molecule has 1 aliphatic heterocycles. The van der Waals surface area contributed by atoms with E-state index in [2.05, 4.69) is 5.32 Å². The average Bonchev–Trinajstić information content (AvgIpc) is 2.92. The highest BCUT2D eigenvalue weighted by molar-refractivity contribution is 7.89. The SMILES string of the molecule is Cc1c(Cl)cccc1S(=O)(=O)N1CCCC(C(=O)NC2CCCCCC2)C1. The van der Waals surface area contributed by atoms with Gasteiger partial charge in [-0.3, -0.25) is 4.79 Å². The molecule has 1 heterocycles. The number of rotatable bonds is 4. The summed E-state index contributed by atoms with van der Waals surface area (Å²) < 4.78 is 27.6. The van der Waals surface area contributed by atoms with Crippen LogP contribution >= 0.6 is 11.6 Å². The normalized spacial score (nSPS) is 23.0. The number of piperidine rings is 1. The van der Waals surface area contributed by atoms with Crippen LogP contribution in [-0.2, 0) is 14.8 Å². The Labute approximate surface area is 167 Å². The Balaban J connectivity index is 1.69. The van der Waals surface area contributed by atoms with Crippen LogP contribution < -0.4 is 5.32 Å². The highest BCUT2D eigenvalue weighted by atomic mass is 35.5. The predicted molar refractivity (Wildman–Crippen MR) is 107 cm³/mol. The minimum atomic E-state index is -3.65. The third kappa shape index (κ3) is 4.84. The Morgan fingerprint density at radius 3 is 2.52 bits per heavy atom. The molecule has 2 aliphatic rings. The van der Waals surface area contributed by atoms with Crippen LogP contribution in [0.1, 0.15) is 56.9 Å². The first-order chi connectivity index (χ1) is 12.9. The van der Waals surface area contributed by atoms with Gasteiger partial charge in [-0.2, -0.15) is 4.31 Å². The van der Waals surface area contributed by atoms with Crippen molar-refractivity contribution in [2.24, 2.45) is 5.92 Å². The van der Waals surface area contributed by atoms with E-state index >= 15 is 0 Å². The van der Waals surface area contributed by atoms with Gasteiger partial charge in [0.25, 0.3) is 0 Å². The Morgan fingerprint density at radius 1 is 1.11 bits per heavy atom. The van der Waals surface area contributed by atoms with Gasteiger partial charge in [0, 0.05) is 24.2 Å². The molecule has 1 unspecified atom stereocenters. The van der Waals surface area contributed by atoms with Crippen molar-refractivity contribution in [3.63, 3.8) is 0 Å². The van der Waals surface area contributed by atoms with Gasteiger partial charge in [0.2, 0.25) is 15.9 Å². The summed E-state index contributed by atoms with van der Waals surface area (Å²) in [6.07, 6.45) is 8.28. The monoisotopic (exact) mass is 412 g/mol. The van der Waals surface area contributed by atoms with Crippen molar-refractivity contribution >= 4 is 27.5 Å². The van der Waals surface area contributed by atoms with E-state index in [9.17, 15) is 13.2 Å². The second-order valence-electron chi connectivity index (χ2n) is 7.76. The summed E-state index contributed by atoms with van der Waals surface area (Å²) in [5.74, 6) is -0.277. The number of nitrogens with one attached hydrogen (secondary N) is 1. The molecule has 0 aromatic heterocycles. The number of hydrogen-bond acceptors (Lipinski definition) is 3. The number of carbonyl (C=O) groups is 1. The minimum absolute atomic E-state index is 0.00427. The zero-order chi connectivity index (χ0) is 19.4. The summed E-state index contributed by atoms with van der Waals surface area (Å²) in [5.41, 5.74) is 0.559. The predicted octanol–water partition coefficient (Wildman–Crippen LogP) is 3.89. The zero-order valence-corrected chi connectivity index (χ0v) is 17.5. The van der Waals surface area contributed by atoms with Crippen molar-refractivity contribution < 1.29 is 13.2 Å². The minimum Gasteiger partial charge on any atom is -0.353 e. The zero-order valence-electron chi connectivity index (χ0n) is 15.9. The molecule has 150 valence electrons. The van der Waals surface area contributed by atoms with Crippen LogP contribution in [0.25, 0.3) is 0 Å². The van der Waals surface area contributed by atoms with Crippen molar-refractivity contribution in [2.45, 2.75) is 69.2 Å². The highest BCUT2D eigenvalue weighted by Gasteiger charge is 2.34. The van der Waals surface area contributed by atoms with Gasteiger partial charge in [0.15, 0.2) is 0 Å². The van der Waals surface area contributed by atoms with Crippen LogP contribution in [0.5, 0.6) is 0 Å². The van der Waals surface area contributed by atoms with Gasteiger partial charge in [0.05, 0.1) is 10.8 Å². The average molecular weight is 413 g/mol. The van der Waals surface area contributed by atoms with Crippen molar-refractivity contribution in [3.8, 4) is 0 Å². The van der Waals surface area contributed by atoms with Gasteiger partial charge in [-0.25, -0.2) is 8.42 Å². The third-order valence-electron chi connectivity index (χ3n) is 5.79. The van der Waals surface area contributed by atoms with E-state index in [1.807, 2.05) is 0 Å². The first-order valence-electron chi connectivity index (χ1n) is 9.95. The second-order valence-corrected chi connectivity index (χ2v) is 10.1. The number of carbonyl (C=O) groups excluding carboxylic acids is 1. The van der Waals surface area contributed by atoms with Gasteiger partial charge < -0.3 is 5.32 Å². The van der Waals surface area contributed by atoms with Crippen LogP contribution in [0.15, 0.2) is 23.1 Å². The molecule has 0 radical (unpaired) electrons. The molecular formula is C20H29ClN2O3S. The third-order valence-corrected chi connectivity index (χ3v) is 8.21. The smallest absolute Gasteiger partial charge is 0.243 e. The molecule has 1 saturated heterocycles. The van der Waals surface area contributed by atoms with Crippen molar-refractivity contribution in [3.05, 3.63) is 28.8 Å². The molecule has 0 spiro atoms. The molecule has 1 aromatic rings. The van der Waals surface area contributed by atoms with Crippen LogP contribution in [0.4, 0.5) is 0 Å². The second kappa shape index (κ2) is 8.93. The topological polar surface area (TPSA) is 66.5 Å². The van der Waals surface area contributed by atoms with Crippen molar-refractivity contribution in [1.82, 2.24) is 9.62 Å². The van der Waals surface area contributed by atoms with Gasteiger partial charge in [-0.15, -0.1) is 0 Å². The fourth-order valence-corrected chi connectivity index (χ4v) is 6.13. The first kappa shape index (κ1) is 20.6. The molecule has 1 amide bonds. The Bertz CT molecular complexity index is 773. The summed E-state index contributed by atoms with van der Waals surface area (Å²) in [6.45, 7) is 2.41. The number of halogens is 1. The first-order valence-corrected chi connectivity index (χ1v) is 11.8. The van der Waals surface area contributed by atoms with E-state index in [1.165, 1.54) is 17.1 Å². The van der Waals surface area contributed by atoms with Gasteiger partial charge in [-0.1, -0.05) is 43.4 Å². The molecule has 27 heavy (non-hydrogen) atoms. The van der Waals surface area contributed by atoms with E-state index in [0.717, 1.165) is 32.1 Å². The lowest BCUT2D eigenvalue weighted by Gasteiger charge is -2.32. The van der Waals surface area contributed by atoms with Crippen LogP contribution in [0, 0.1) is 12.8 Å². The largest absolute Gasteiger partial charge is 0.353 e. The Morgan fingerprint density at radius 2 is 1.81 bits per heavy atom. The number of amides is 1. The van der Waals surface area contributed by atoms with Crippen LogP contribution in [-0.4, -0.2) is 37.8 Å². The lowest BCUT2D eigenvalue weighted by Crippen LogP contribution is -2.47. The maximum Gasteiger partial charge on any atom is 0.243 e. The molecule has 1 aromatic carbocycles. The van der Waals surface area contributed by atoms with E-state index in [4.69, 9.17) is 11.6 Å². The maximum atomic E-state index is 13.1. The summed E-state index contributed by atoms with van der Waals surface area (Å²) >= 11 is 6.11. The van der Waals surface area contributed by atoms with Crippen molar-refractivity contribution in [2.75, 3.05) is 13.1 Å². The molecule has 2 fully saturated rings. The van der Waals surface area contributed by atoms with Gasteiger partial charge >= 0.3 is 0 Å². The summed E-state index contributed by atoms with van der Waals surface area (Å²) in [4.78, 5) is 13.0. The van der Waals surface area contributed by atoms with Crippen LogP contribution in [0.2, 0.25) is 5.02 Å². The number of hydrogen-bond donors (Lipinski definition) is 1. The molecule has 3 rings (SSSR count). The molecule has 1 saturated carbocycles. The van der Waals surface area contributed by atoms with Gasteiger partial charge in [-0.05, 0) is 50.3 Å². The Hall–Kier alpha value is -1.11. The lowest BCUT2D eigenvalue weighted by atomic mass is 9.97. The molecule has 5 nitrogen and oxygen atoms in total. The van der Waals surface area contributed by atoms with E-state index in [0.29, 0.717) is 23.6 Å². The fourth-order valence-electron chi connectivity index (χ4n) is 4.12. The summed E-state index contributed by atoms with van der Waals surface area (Å²) in [5, 5.41) is 3.62. The lowest BCUT2D eigenvalue weighted by molar-refractivity contribution is -0.126. The van der Waals surface area contributed by atoms with E-state index < -0.39 is 10.0 Å². The summed E-state index contributed by atoms with van der Waals surface area (Å²) in [6, 6.07) is 5.17. The van der Waals surface area contributed by atoms with Crippen LogP contribution in [0.3, 0.4) is 0 Å². The number of nitrogens with zero attached hydrogens (tertiary/aromatic N) is 1. The number of benzene rings is 1. The molecule has 1 N–H and O–H groups in total. The fraction of sp³-hybridized carbons (Fsp3) is 0.650. The number of sulfonamides is 1. The quantitative estimate of drug-likeness (QED) is 0.763. The molecule has 1 atom stereocenters. The molecule has 7 heteroatoms. The summed E-state index contributed by atoms with van der Waals surface area (Å²) in [7, 11) is -3.65. The molecule has 1 aliphatic carbocycles. The van der Waals surface area contributed by atoms with E-state index in [1.54, 1.807) is 25.1 Å².